The van der Waals surface area contributed by atoms with Crippen molar-refractivity contribution in [2.75, 3.05) is 11.9 Å². The van der Waals surface area contributed by atoms with Crippen molar-refractivity contribution in [1.82, 2.24) is 14.5 Å². The number of hydrogen-bond donors (Lipinski definition) is 1. The van der Waals surface area contributed by atoms with Gasteiger partial charge in [-0.1, -0.05) is 0 Å². The fourth-order valence-corrected chi connectivity index (χ4v) is 1.75. The Morgan fingerprint density at radius 2 is 2.39 bits per heavy atom. The molecule has 0 unspecified atom stereocenters. The third-order valence-corrected chi connectivity index (χ3v) is 2.69. The van der Waals surface area contributed by atoms with Crippen LogP contribution >= 0.6 is 15.9 Å². The lowest BCUT2D eigenvalue weighted by Crippen LogP contribution is -2.11. The van der Waals surface area contributed by atoms with Crippen LogP contribution in [0.5, 0.6) is 0 Å². The summed E-state index contributed by atoms with van der Waals surface area (Å²) < 4.78 is 2.45. The second-order valence-corrected chi connectivity index (χ2v) is 4.42. The number of hydrogen-bond acceptors (Lipinski definition) is 5. The van der Waals surface area contributed by atoms with E-state index in [4.69, 9.17) is 0 Å². The highest BCUT2D eigenvalue weighted by atomic mass is 79.9. The Balaban J connectivity index is 2.02. The molecule has 2 heterocycles. The molecule has 18 heavy (non-hydrogen) atoms. The molecule has 0 fully saturated rings. The van der Waals surface area contributed by atoms with E-state index in [2.05, 4.69) is 31.2 Å². The Labute approximate surface area is 111 Å². The van der Waals surface area contributed by atoms with Gasteiger partial charge in [-0.3, -0.25) is 10.1 Å². The summed E-state index contributed by atoms with van der Waals surface area (Å²) in [5.74, 6) is 0.267. The van der Waals surface area contributed by atoms with Gasteiger partial charge in [-0.2, -0.15) is 0 Å². The molecule has 0 saturated heterocycles. The van der Waals surface area contributed by atoms with Crippen molar-refractivity contribution in [3.8, 4) is 0 Å². The molecular weight excluding hydrogens is 302 g/mol. The van der Waals surface area contributed by atoms with Gasteiger partial charge >= 0.3 is 5.69 Å². The zero-order chi connectivity index (χ0) is 13.0. The number of halogens is 1. The summed E-state index contributed by atoms with van der Waals surface area (Å²) in [6.45, 7) is 1.20. The first-order valence-corrected chi connectivity index (χ1v) is 5.95. The number of aromatic nitrogens is 3. The third kappa shape index (κ3) is 3.04. The van der Waals surface area contributed by atoms with E-state index in [9.17, 15) is 10.1 Å². The summed E-state index contributed by atoms with van der Waals surface area (Å²) >= 11 is 3.16. The minimum Gasteiger partial charge on any atom is -0.363 e. The summed E-state index contributed by atoms with van der Waals surface area (Å²) in [5.41, 5.74) is -0.0463. The molecule has 0 bridgehead atoms. The average molecular weight is 312 g/mol. The number of nitro groups is 1. The highest BCUT2D eigenvalue weighted by Gasteiger charge is 2.15. The molecule has 0 atom stereocenters. The van der Waals surface area contributed by atoms with Gasteiger partial charge in [0.1, 0.15) is 0 Å². The highest BCUT2D eigenvalue weighted by Crippen LogP contribution is 2.24. The van der Waals surface area contributed by atoms with E-state index in [1.165, 1.54) is 12.3 Å². The second kappa shape index (κ2) is 5.58. The first-order valence-electron chi connectivity index (χ1n) is 5.16. The number of imidazole rings is 1. The predicted molar refractivity (Wildman–Crippen MR) is 69.3 cm³/mol. The van der Waals surface area contributed by atoms with Gasteiger partial charge in [0.15, 0.2) is 0 Å². The van der Waals surface area contributed by atoms with Crippen LogP contribution in [0, 0.1) is 10.1 Å². The first-order chi connectivity index (χ1) is 8.66. The van der Waals surface area contributed by atoms with Crippen LogP contribution in [0.25, 0.3) is 0 Å². The van der Waals surface area contributed by atoms with Crippen molar-refractivity contribution in [2.24, 2.45) is 0 Å². The normalized spacial score (nSPS) is 10.3. The molecule has 0 saturated carbocycles. The largest absolute Gasteiger partial charge is 0.363 e. The number of pyridine rings is 1. The zero-order valence-electron chi connectivity index (χ0n) is 9.28. The zero-order valence-corrected chi connectivity index (χ0v) is 10.9. The number of nitrogens with zero attached hydrogens (tertiary/aromatic N) is 4. The molecule has 94 valence electrons. The van der Waals surface area contributed by atoms with E-state index in [-0.39, 0.29) is 11.5 Å². The molecule has 8 heteroatoms. The fraction of sp³-hybridized carbons (Fsp3) is 0.200. The molecule has 0 aliphatic heterocycles. The van der Waals surface area contributed by atoms with E-state index in [1.807, 2.05) is 10.8 Å². The molecule has 0 radical (unpaired) electrons. The van der Waals surface area contributed by atoms with Gasteiger partial charge in [0.2, 0.25) is 5.82 Å². The van der Waals surface area contributed by atoms with Crippen molar-refractivity contribution < 1.29 is 4.92 Å². The van der Waals surface area contributed by atoms with Crippen molar-refractivity contribution in [3.63, 3.8) is 0 Å². The molecule has 0 aliphatic rings. The monoisotopic (exact) mass is 311 g/mol. The molecule has 0 spiro atoms. The van der Waals surface area contributed by atoms with Crippen LogP contribution in [0.1, 0.15) is 0 Å². The van der Waals surface area contributed by atoms with Gasteiger partial charge in [0.05, 0.1) is 11.3 Å². The van der Waals surface area contributed by atoms with Crippen LogP contribution < -0.4 is 5.32 Å². The topological polar surface area (TPSA) is 85.9 Å². The summed E-state index contributed by atoms with van der Waals surface area (Å²) in [7, 11) is 0. The number of nitrogens with one attached hydrogen (secondary N) is 1. The third-order valence-electron chi connectivity index (χ3n) is 2.25. The van der Waals surface area contributed by atoms with Gasteiger partial charge < -0.3 is 9.88 Å². The second-order valence-electron chi connectivity index (χ2n) is 3.51. The van der Waals surface area contributed by atoms with Crippen LogP contribution in [-0.4, -0.2) is 26.0 Å². The van der Waals surface area contributed by atoms with Crippen molar-refractivity contribution >= 4 is 27.4 Å². The van der Waals surface area contributed by atoms with Crippen LogP contribution in [0.2, 0.25) is 0 Å². The van der Waals surface area contributed by atoms with Crippen LogP contribution in [0.4, 0.5) is 11.5 Å². The smallest absolute Gasteiger partial charge is 0.312 e. The minimum atomic E-state index is -0.461. The Kier molecular flexibility index (Phi) is 3.88. The number of anilines is 1. The quantitative estimate of drug-likeness (QED) is 0.674. The van der Waals surface area contributed by atoms with E-state index in [1.54, 1.807) is 12.5 Å². The molecule has 0 amide bonds. The van der Waals surface area contributed by atoms with E-state index >= 15 is 0 Å². The van der Waals surface area contributed by atoms with Gasteiger partial charge in [-0.05, 0) is 15.9 Å². The van der Waals surface area contributed by atoms with Gasteiger partial charge in [-0.15, -0.1) is 0 Å². The lowest BCUT2D eigenvalue weighted by Gasteiger charge is -2.06. The Morgan fingerprint density at radius 3 is 3.06 bits per heavy atom. The maximum Gasteiger partial charge on any atom is 0.312 e. The molecule has 0 aromatic carbocycles. The Morgan fingerprint density at radius 1 is 1.56 bits per heavy atom. The van der Waals surface area contributed by atoms with Crippen molar-refractivity contribution in [3.05, 3.63) is 45.6 Å². The van der Waals surface area contributed by atoms with Gasteiger partial charge in [0, 0.05) is 42.2 Å². The SMILES string of the molecule is O=[N+]([O-])c1cc(Br)cnc1NCCn1ccnc1. The van der Waals surface area contributed by atoms with Crippen molar-refractivity contribution in [2.45, 2.75) is 6.54 Å². The van der Waals surface area contributed by atoms with Crippen LogP contribution in [-0.2, 0) is 6.54 Å². The highest BCUT2D eigenvalue weighted by molar-refractivity contribution is 9.10. The maximum atomic E-state index is 10.9. The first kappa shape index (κ1) is 12.5. The Bertz CT molecular complexity index is 543. The summed E-state index contributed by atoms with van der Waals surface area (Å²) in [6.07, 6.45) is 6.71. The maximum absolute atomic E-state index is 10.9. The standard InChI is InChI=1S/C10H10BrN5O2/c11-8-5-9(16(17)18)10(14-6-8)13-2-4-15-3-1-12-7-15/h1,3,5-7H,2,4H2,(H,13,14). The number of rotatable bonds is 5. The lowest BCUT2D eigenvalue weighted by atomic mass is 10.4. The van der Waals surface area contributed by atoms with Crippen LogP contribution in [0.3, 0.4) is 0 Å². The molecule has 2 rings (SSSR count). The average Bonchev–Trinajstić information content (AvgIpc) is 2.84. The minimum absolute atomic E-state index is 0.0463. The van der Waals surface area contributed by atoms with Gasteiger partial charge in [-0.25, -0.2) is 9.97 Å². The predicted octanol–water partition coefficient (Wildman–Crippen LogP) is 2.06. The molecular formula is C10H10BrN5O2. The lowest BCUT2D eigenvalue weighted by molar-refractivity contribution is -0.384. The van der Waals surface area contributed by atoms with E-state index in [0.717, 1.165) is 0 Å². The van der Waals surface area contributed by atoms with E-state index in [0.29, 0.717) is 17.6 Å². The van der Waals surface area contributed by atoms with Crippen LogP contribution in [0.15, 0.2) is 35.5 Å². The molecule has 2 aromatic heterocycles. The van der Waals surface area contributed by atoms with Gasteiger partial charge in [0.25, 0.3) is 0 Å². The van der Waals surface area contributed by atoms with Crippen molar-refractivity contribution in [1.29, 1.82) is 0 Å². The summed E-state index contributed by atoms with van der Waals surface area (Å²) in [4.78, 5) is 18.3. The molecule has 1 N–H and O–H groups in total. The van der Waals surface area contributed by atoms with E-state index < -0.39 is 4.92 Å². The molecule has 7 nitrogen and oxygen atoms in total. The fourth-order valence-electron chi connectivity index (χ4n) is 1.43. The summed E-state index contributed by atoms with van der Waals surface area (Å²) in [6, 6.07) is 1.42. The summed E-state index contributed by atoms with van der Waals surface area (Å²) in [5, 5.41) is 13.8. The molecule has 0 aliphatic carbocycles. The Hall–Kier alpha value is -1.96. The molecule has 2 aromatic rings.